The molecule has 1 spiro atoms. The number of halogens is 1. The standard InChI is InChI=1S/C10H19N3O.ClH/c11-9(14)7-13-5-2-10(3-6-13)1-4-12-8-10;/h12H,1-8H2,(H2,11,14);1H. The van der Waals surface area contributed by atoms with E-state index in [0.717, 1.165) is 26.2 Å². The Morgan fingerprint density at radius 3 is 2.47 bits per heavy atom. The van der Waals surface area contributed by atoms with Crippen LogP contribution in [0.5, 0.6) is 0 Å². The fourth-order valence-corrected chi connectivity index (χ4v) is 2.63. The lowest BCUT2D eigenvalue weighted by Crippen LogP contribution is -2.44. The van der Waals surface area contributed by atoms with E-state index in [2.05, 4.69) is 10.2 Å². The van der Waals surface area contributed by atoms with Crippen LogP contribution < -0.4 is 11.1 Å². The van der Waals surface area contributed by atoms with Crippen LogP contribution in [0.2, 0.25) is 0 Å². The van der Waals surface area contributed by atoms with Gasteiger partial charge in [0.25, 0.3) is 0 Å². The maximum atomic E-state index is 10.7. The van der Waals surface area contributed by atoms with Gasteiger partial charge in [0.15, 0.2) is 0 Å². The summed E-state index contributed by atoms with van der Waals surface area (Å²) in [6.45, 7) is 4.83. The number of nitrogens with zero attached hydrogens (tertiary/aromatic N) is 1. The van der Waals surface area contributed by atoms with Crippen molar-refractivity contribution >= 4 is 18.3 Å². The van der Waals surface area contributed by atoms with Gasteiger partial charge in [0.2, 0.25) is 5.91 Å². The Morgan fingerprint density at radius 1 is 1.33 bits per heavy atom. The number of hydrogen-bond donors (Lipinski definition) is 2. The van der Waals surface area contributed by atoms with Gasteiger partial charge in [-0.05, 0) is 44.3 Å². The average molecular weight is 234 g/mol. The van der Waals surface area contributed by atoms with E-state index >= 15 is 0 Å². The summed E-state index contributed by atoms with van der Waals surface area (Å²) in [6, 6.07) is 0. The smallest absolute Gasteiger partial charge is 0.231 e. The lowest BCUT2D eigenvalue weighted by Gasteiger charge is -2.38. The number of carbonyl (C=O) groups excluding carboxylic acids is 1. The molecule has 0 aromatic heterocycles. The first-order valence-electron chi connectivity index (χ1n) is 5.42. The molecule has 4 nitrogen and oxygen atoms in total. The summed E-state index contributed by atoms with van der Waals surface area (Å²) in [5.41, 5.74) is 5.71. The molecule has 0 aliphatic carbocycles. The number of likely N-dealkylation sites (tertiary alicyclic amines) is 1. The first-order chi connectivity index (χ1) is 6.70. The van der Waals surface area contributed by atoms with E-state index < -0.39 is 0 Å². The number of rotatable bonds is 2. The number of primary amides is 1. The van der Waals surface area contributed by atoms with Crippen LogP contribution in [0.25, 0.3) is 0 Å². The van der Waals surface area contributed by atoms with Crippen molar-refractivity contribution in [2.45, 2.75) is 19.3 Å². The molecule has 5 heteroatoms. The summed E-state index contributed by atoms with van der Waals surface area (Å²) < 4.78 is 0. The first-order valence-corrected chi connectivity index (χ1v) is 5.42. The molecule has 0 radical (unpaired) electrons. The van der Waals surface area contributed by atoms with Crippen LogP contribution in [0, 0.1) is 5.41 Å². The largest absolute Gasteiger partial charge is 0.369 e. The molecule has 0 unspecified atom stereocenters. The second-order valence-electron chi connectivity index (χ2n) is 4.67. The molecule has 0 saturated carbocycles. The fraction of sp³-hybridized carbons (Fsp3) is 0.900. The van der Waals surface area contributed by atoms with Crippen LogP contribution in [0.4, 0.5) is 0 Å². The van der Waals surface area contributed by atoms with Gasteiger partial charge in [0.1, 0.15) is 0 Å². The Labute approximate surface area is 97.0 Å². The molecule has 0 bridgehead atoms. The molecule has 0 aromatic carbocycles. The maximum Gasteiger partial charge on any atom is 0.231 e. The van der Waals surface area contributed by atoms with E-state index in [9.17, 15) is 4.79 Å². The number of nitrogens with two attached hydrogens (primary N) is 1. The van der Waals surface area contributed by atoms with E-state index in [1.807, 2.05) is 0 Å². The zero-order chi connectivity index (χ0) is 10.0. The lowest BCUT2D eigenvalue weighted by atomic mass is 9.78. The van der Waals surface area contributed by atoms with Crippen molar-refractivity contribution in [1.29, 1.82) is 0 Å². The zero-order valence-electron chi connectivity index (χ0n) is 9.00. The fourth-order valence-electron chi connectivity index (χ4n) is 2.63. The predicted octanol–water partition coefficient (Wildman–Crippen LogP) is -0.0310. The average Bonchev–Trinajstić information content (AvgIpc) is 2.58. The van der Waals surface area contributed by atoms with Crippen molar-refractivity contribution in [3.8, 4) is 0 Å². The summed E-state index contributed by atoms with van der Waals surface area (Å²) >= 11 is 0. The minimum atomic E-state index is -0.203. The molecular weight excluding hydrogens is 214 g/mol. The number of carbonyl (C=O) groups is 1. The SMILES string of the molecule is Cl.NC(=O)CN1CCC2(CCNC2)CC1. The third kappa shape index (κ3) is 3.06. The van der Waals surface area contributed by atoms with Crippen molar-refractivity contribution in [2.75, 3.05) is 32.7 Å². The van der Waals surface area contributed by atoms with Crippen molar-refractivity contribution in [1.82, 2.24) is 10.2 Å². The number of nitrogens with one attached hydrogen (secondary N) is 1. The molecule has 2 saturated heterocycles. The number of piperidine rings is 1. The van der Waals surface area contributed by atoms with Crippen LogP contribution >= 0.6 is 12.4 Å². The molecular formula is C10H20ClN3O. The van der Waals surface area contributed by atoms with Gasteiger partial charge >= 0.3 is 0 Å². The third-order valence-corrected chi connectivity index (χ3v) is 3.63. The molecule has 2 aliphatic heterocycles. The van der Waals surface area contributed by atoms with Crippen molar-refractivity contribution in [3.05, 3.63) is 0 Å². The van der Waals surface area contributed by atoms with Gasteiger partial charge in [-0.15, -0.1) is 12.4 Å². The van der Waals surface area contributed by atoms with E-state index in [4.69, 9.17) is 5.73 Å². The van der Waals surface area contributed by atoms with Crippen molar-refractivity contribution < 1.29 is 4.79 Å². The topological polar surface area (TPSA) is 58.4 Å². The van der Waals surface area contributed by atoms with Crippen LogP contribution in [0.3, 0.4) is 0 Å². The summed E-state index contributed by atoms with van der Waals surface area (Å²) in [6.07, 6.45) is 3.73. The Bertz CT molecular complexity index is 219. The molecule has 2 heterocycles. The minimum Gasteiger partial charge on any atom is -0.369 e. The predicted molar refractivity (Wildman–Crippen MR) is 62.0 cm³/mol. The summed E-state index contributed by atoms with van der Waals surface area (Å²) in [7, 11) is 0. The normalized spacial score (nSPS) is 25.1. The van der Waals surface area contributed by atoms with E-state index in [1.54, 1.807) is 0 Å². The molecule has 2 aliphatic rings. The monoisotopic (exact) mass is 233 g/mol. The highest BCUT2D eigenvalue weighted by molar-refractivity contribution is 5.85. The van der Waals surface area contributed by atoms with Gasteiger partial charge in [0.05, 0.1) is 6.54 Å². The Kier molecular flexibility index (Phi) is 4.37. The highest BCUT2D eigenvalue weighted by Gasteiger charge is 2.36. The summed E-state index contributed by atoms with van der Waals surface area (Å²) in [5.74, 6) is -0.203. The van der Waals surface area contributed by atoms with Gasteiger partial charge in [-0.25, -0.2) is 0 Å². The highest BCUT2D eigenvalue weighted by atomic mass is 35.5. The van der Waals surface area contributed by atoms with Gasteiger partial charge in [0, 0.05) is 6.54 Å². The Hall–Kier alpha value is -0.320. The van der Waals surface area contributed by atoms with Gasteiger partial charge in [-0.1, -0.05) is 0 Å². The van der Waals surface area contributed by atoms with Crippen LogP contribution in [-0.4, -0.2) is 43.5 Å². The Morgan fingerprint density at radius 2 is 2.00 bits per heavy atom. The lowest BCUT2D eigenvalue weighted by molar-refractivity contribution is -0.119. The second-order valence-corrected chi connectivity index (χ2v) is 4.67. The van der Waals surface area contributed by atoms with Crippen LogP contribution in [-0.2, 0) is 4.79 Å². The molecule has 2 rings (SSSR count). The van der Waals surface area contributed by atoms with Crippen molar-refractivity contribution in [3.63, 3.8) is 0 Å². The van der Waals surface area contributed by atoms with E-state index in [1.165, 1.54) is 19.3 Å². The maximum absolute atomic E-state index is 10.7. The Balaban J connectivity index is 0.00000112. The van der Waals surface area contributed by atoms with E-state index in [-0.39, 0.29) is 18.3 Å². The number of hydrogen-bond acceptors (Lipinski definition) is 3. The summed E-state index contributed by atoms with van der Waals surface area (Å²) in [5, 5.41) is 3.43. The molecule has 1 amide bonds. The van der Waals surface area contributed by atoms with Crippen LogP contribution in [0.15, 0.2) is 0 Å². The van der Waals surface area contributed by atoms with Gasteiger partial charge in [-0.3, -0.25) is 9.69 Å². The zero-order valence-corrected chi connectivity index (χ0v) is 9.81. The molecule has 2 fully saturated rings. The molecule has 0 atom stereocenters. The number of amides is 1. The van der Waals surface area contributed by atoms with Crippen molar-refractivity contribution in [2.24, 2.45) is 11.1 Å². The summed E-state index contributed by atoms with van der Waals surface area (Å²) in [4.78, 5) is 12.9. The second kappa shape index (κ2) is 5.14. The molecule has 88 valence electrons. The van der Waals surface area contributed by atoms with Gasteiger partial charge in [-0.2, -0.15) is 0 Å². The highest BCUT2D eigenvalue weighted by Crippen LogP contribution is 2.36. The minimum absolute atomic E-state index is 0. The molecule has 15 heavy (non-hydrogen) atoms. The quantitative estimate of drug-likeness (QED) is 0.704. The third-order valence-electron chi connectivity index (χ3n) is 3.63. The van der Waals surface area contributed by atoms with E-state index in [0.29, 0.717) is 12.0 Å². The van der Waals surface area contributed by atoms with Gasteiger partial charge < -0.3 is 11.1 Å². The molecule has 0 aromatic rings. The molecule has 3 N–H and O–H groups in total. The van der Waals surface area contributed by atoms with Crippen LogP contribution in [0.1, 0.15) is 19.3 Å². The first kappa shape index (κ1) is 12.7.